The normalized spacial score (nSPS) is 13.5. The Bertz CT molecular complexity index is 643. The third kappa shape index (κ3) is 4.07. The minimum atomic E-state index is -1.32. The first-order chi connectivity index (χ1) is 10.5. The minimum Gasteiger partial charge on any atom is -0.467 e. The molecule has 3 N–H and O–H groups in total. The summed E-state index contributed by atoms with van der Waals surface area (Å²) in [7, 11) is 1.22. The summed E-state index contributed by atoms with van der Waals surface area (Å²) in [5.74, 6) is -0.719. The lowest BCUT2D eigenvalue weighted by Gasteiger charge is -2.16. The first-order valence-electron chi connectivity index (χ1n) is 6.87. The van der Waals surface area contributed by atoms with Crippen LogP contribution in [-0.4, -0.2) is 30.3 Å². The van der Waals surface area contributed by atoms with Gasteiger partial charge >= 0.3 is 5.97 Å². The number of nitrogens with two attached hydrogens (primary N) is 1. The second kappa shape index (κ2) is 7.40. The van der Waals surface area contributed by atoms with E-state index in [9.17, 15) is 9.90 Å². The number of ether oxygens (including phenoxy) is 1. The van der Waals surface area contributed by atoms with Gasteiger partial charge in [-0.2, -0.15) is 0 Å². The molecule has 2 rings (SSSR count). The summed E-state index contributed by atoms with van der Waals surface area (Å²) in [5, 5.41) is 10.4. The summed E-state index contributed by atoms with van der Waals surface area (Å²) >= 11 is 5.98. The molecule has 0 saturated heterocycles. The average molecular weight is 320 g/mol. The van der Waals surface area contributed by atoms with Gasteiger partial charge in [-0.1, -0.05) is 48.0 Å². The highest BCUT2D eigenvalue weighted by molar-refractivity contribution is 6.30. The third-order valence-electron chi connectivity index (χ3n) is 3.43. The van der Waals surface area contributed by atoms with Crippen LogP contribution >= 0.6 is 11.6 Å². The van der Waals surface area contributed by atoms with E-state index in [1.165, 1.54) is 7.11 Å². The van der Waals surface area contributed by atoms with Gasteiger partial charge in [0.25, 0.3) is 0 Å². The molecule has 0 aromatic heterocycles. The van der Waals surface area contributed by atoms with Crippen LogP contribution in [0.25, 0.3) is 11.1 Å². The maximum absolute atomic E-state index is 11.2. The van der Waals surface area contributed by atoms with Crippen LogP contribution in [0.4, 0.5) is 0 Å². The number of aliphatic hydroxyl groups excluding tert-OH is 1. The summed E-state index contributed by atoms with van der Waals surface area (Å²) in [5.41, 5.74) is 8.82. The van der Waals surface area contributed by atoms with E-state index >= 15 is 0 Å². The van der Waals surface area contributed by atoms with Crippen molar-refractivity contribution in [1.82, 2.24) is 0 Å². The summed E-state index contributed by atoms with van der Waals surface area (Å²) in [6.45, 7) is 0. The number of esters is 1. The molecule has 0 saturated carbocycles. The van der Waals surface area contributed by atoms with Gasteiger partial charge < -0.3 is 15.6 Å². The number of aliphatic hydroxyl groups is 1. The number of carbonyl (C=O) groups is 1. The summed E-state index contributed by atoms with van der Waals surface area (Å²) in [6.07, 6.45) is -0.941. The Kier molecular flexibility index (Phi) is 5.55. The van der Waals surface area contributed by atoms with Crippen molar-refractivity contribution in [1.29, 1.82) is 0 Å². The van der Waals surface area contributed by atoms with Crippen molar-refractivity contribution in [2.45, 2.75) is 18.6 Å². The Labute approximate surface area is 134 Å². The molecular weight excluding hydrogens is 302 g/mol. The maximum Gasteiger partial charge on any atom is 0.336 e. The van der Waals surface area contributed by atoms with E-state index in [-0.39, 0.29) is 0 Å². The van der Waals surface area contributed by atoms with Gasteiger partial charge in [-0.15, -0.1) is 0 Å². The topological polar surface area (TPSA) is 72.5 Å². The molecule has 0 aliphatic rings. The number of hydrogen-bond donors (Lipinski definition) is 2. The van der Waals surface area contributed by atoms with Crippen molar-refractivity contribution < 1.29 is 14.6 Å². The molecular formula is C17H18ClNO3. The van der Waals surface area contributed by atoms with E-state index < -0.39 is 18.1 Å². The van der Waals surface area contributed by atoms with E-state index in [1.54, 1.807) is 0 Å². The van der Waals surface area contributed by atoms with Crippen molar-refractivity contribution >= 4 is 17.6 Å². The molecule has 2 aromatic carbocycles. The number of rotatable bonds is 5. The number of benzene rings is 2. The lowest BCUT2D eigenvalue weighted by atomic mass is 9.99. The van der Waals surface area contributed by atoms with Gasteiger partial charge in [-0.25, -0.2) is 4.79 Å². The smallest absolute Gasteiger partial charge is 0.336 e. The first kappa shape index (κ1) is 16.5. The minimum absolute atomic E-state index is 0.381. The van der Waals surface area contributed by atoms with Crippen molar-refractivity contribution in [3.05, 3.63) is 59.1 Å². The third-order valence-corrected chi connectivity index (χ3v) is 3.67. The molecule has 0 amide bonds. The molecule has 2 aromatic rings. The van der Waals surface area contributed by atoms with Gasteiger partial charge in [0.05, 0.1) is 7.11 Å². The van der Waals surface area contributed by atoms with E-state index in [0.717, 1.165) is 16.7 Å². The fourth-order valence-electron chi connectivity index (χ4n) is 2.18. The summed E-state index contributed by atoms with van der Waals surface area (Å²) in [4.78, 5) is 11.2. The predicted molar refractivity (Wildman–Crippen MR) is 86.6 cm³/mol. The zero-order chi connectivity index (χ0) is 16.1. The molecule has 1 unspecified atom stereocenters. The van der Waals surface area contributed by atoms with Crippen LogP contribution in [0.5, 0.6) is 0 Å². The van der Waals surface area contributed by atoms with Crippen LogP contribution < -0.4 is 5.73 Å². The van der Waals surface area contributed by atoms with Crippen LogP contribution in [0.3, 0.4) is 0 Å². The molecule has 116 valence electrons. The number of carbonyl (C=O) groups excluding carboxylic acids is 1. The van der Waals surface area contributed by atoms with Crippen molar-refractivity contribution in [3.8, 4) is 11.1 Å². The standard InChI is InChI=1S/C17H18ClNO3/c1-22-17(21)16(20)15(19)9-11-5-7-12(8-6-11)13-3-2-4-14(18)10-13/h2-8,10,15-16,20H,9,19H2,1H3/t15-,16?/m1/s1. The van der Waals surface area contributed by atoms with Crippen molar-refractivity contribution in [2.75, 3.05) is 7.11 Å². The molecule has 0 heterocycles. The molecule has 0 aliphatic carbocycles. The van der Waals surface area contributed by atoms with Gasteiger partial charge in [0.15, 0.2) is 6.10 Å². The summed E-state index contributed by atoms with van der Waals surface area (Å²) in [6, 6.07) is 14.6. The van der Waals surface area contributed by atoms with Crippen LogP contribution in [0.1, 0.15) is 5.56 Å². The lowest BCUT2D eigenvalue weighted by molar-refractivity contribution is -0.151. The number of hydrogen-bond acceptors (Lipinski definition) is 4. The van der Waals surface area contributed by atoms with Gasteiger partial charge in [-0.3, -0.25) is 0 Å². The number of methoxy groups -OCH3 is 1. The SMILES string of the molecule is COC(=O)C(O)[C@H](N)Cc1ccc(-c2cccc(Cl)c2)cc1. The van der Waals surface area contributed by atoms with Gasteiger partial charge in [0, 0.05) is 11.1 Å². The highest BCUT2D eigenvalue weighted by Crippen LogP contribution is 2.23. The molecule has 0 bridgehead atoms. The highest BCUT2D eigenvalue weighted by Gasteiger charge is 2.23. The van der Waals surface area contributed by atoms with Crippen LogP contribution in [0.2, 0.25) is 5.02 Å². The fourth-order valence-corrected chi connectivity index (χ4v) is 2.37. The largest absolute Gasteiger partial charge is 0.467 e. The molecule has 0 aliphatic heterocycles. The molecule has 0 fully saturated rings. The Hall–Kier alpha value is -1.88. The quantitative estimate of drug-likeness (QED) is 0.830. The lowest BCUT2D eigenvalue weighted by Crippen LogP contribution is -2.42. The second-order valence-corrected chi connectivity index (χ2v) is 5.48. The molecule has 0 spiro atoms. The maximum atomic E-state index is 11.2. The predicted octanol–water partition coefficient (Wildman–Crippen LogP) is 2.41. The van der Waals surface area contributed by atoms with Gasteiger partial charge in [0.1, 0.15) is 0 Å². The van der Waals surface area contributed by atoms with Gasteiger partial charge in [0.2, 0.25) is 0 Å². The molecule has 22 heavy (non-hydrogen) atoms. The fraction of sp³-hybridized carbons (Fsp3) is 0.235. The first-order valence-corrected chi connectivity index (χ1v) is 7.25. The van der Waals surface area contributed by atoms with Crippen LogP contribution in [0.15, 0.2) is 48.5 Å². The average Bonchev–Trinajstić information content (AvgIpc) is 2.54. The molecule has 0 radical (unpaired) electrons. The Morgan fingerprint density at radius 3 is 2.50 bits per heavy atom. The van der Waals surface area contributed by atoms with E-state index in [4.69, 9.17) is 17.3 Å². The number of halogens is 1. The van der Waals surface area contributed by atoms with E-state index in [1.807, 2.05) is 48.5 Å². The Morgan fingerprint density at radius 1 is 1.23 bits per heavy atom. The summed E-state index contributed by atoms with van der Waals surface area (Å²) < 4.78 is 4.48. The highest BCUT2D eigenvalue weighted by atomic mass is 35.5. The second-order valence-electron chi connectivity index (χ2n) is 5.04. The Balaban J connectivity index is 2.08. The molecule has 4 nitrogen and oxygen atoms in total. The monoisotopic (exact) mass is 319 g/mol. The zero-order valence-corrected chi connectivity index (χ0v) is 13.0. The van der Waals surface area contributed by atoms with Gasteiger partial charge in [-0.05, 0) is 35.2 Å². The molecule has 2 atom stereocenters. The van der Waals surface area contributed by atoms with E-state index in [0.29, 0.717) is 11.4 Å². The van der Waals surface area contributed by atoms with Crippen LogP contribution in [-0.2, 0) is 16.0 Å². The zero-order valence-electron chi connectivity index (χ0n) is 12.2. The van der Waals surface area contributed by atoms with E-state index in [2.05, 4.69) is 4.74 Å². The van der Waals surface area contributed by atoms with Crippen molar-refractivity contribution in [3.63, 3.8) is 0 Å². The van der Waals surface area contributed by atoms with Crippen molar-refractivity contribution in [2.24, 2.45) is 5.73 Å². The Morgan fingerprint density at radius 2 is 1.91 bits per heavy atom. The molecule has 5 heteroatoms. The van der Waals surface area contributed by atoms with Crippen LogP contribution in [0, 0.1) is 0 Å².